The van der Waals surface area contributed by atoms with Crippen LogP contribution in [-0.2, 0) is 0 Å². The third-order valence-corrected chi connectivity index (χ3v) is 3.38. The van der Waals surface area contributed by atoms with Crippen LogP contribution >= 0.6 is 12.4 Å². The molecule has 2 aromatic heterocycles. The van der Waals surface area contributed by atoms with Crippen molar-refractivity contribution >= 4 is 23.4 Å². The molecular weight excluding hydrogens is 236 g/mol. The Morgan fingerprint density at radius 1 is 1.47 bits per heavy atom. The van der Waals surface area contributed by atoms with Gasteiger partial charge in [0.15, 0.2) is 5.65 Å². The predicted molar refractivity (Wildman–Crippen MR) is 70.7 cm³/mol. The minimum Gasteiger partial charge on any atom is -0.327 e. The van der Waals surface area contributed by atoms with Gasteiger partial charge in [-0.15, -0.1) is 17.5 Å². The molecule has 1 N–H and O–H groups in total. The summed E-state index contributed by atoms with van der Waals surface area (Å²) in [6.45, 7) is 4.26. The summed E-state index contributed by atoms with van der Waals surface area (Å²) in [6, 6.07) is 2.68. The molecule has 1 aliphatic rings. The molecule has 0 amide bonds. The van der Waals surface area contributed by atoms with Gasteiger partial charge in [0.05, 0.1) is 6.20 Å². The van der Waals surface area contributed by atoms with E-state index in [1.807, 2.05) is 6.20 Å². The number of nitrogens with one attached hydrogen (secondary N) is 1. The van der Waals surface area contributed by atoms with Crippen molar-refractivity contribution in [2.45, 2.75) is 25.8 Å². The molecule has 3 heterocycles. The fourth-order valence-corrected chi connectivity index (χ4v) is 2.46. The summed E-state index contributed by atoms with van der Waals surface area (Å²) in [5.74, 6) is 0. The van der Waals surface area contributed by atoms with Crippen molar-refractivity contribution in [3.8, 4) is 0 Å². The summed E-state index contributed by atoms with van der Waals surface area (Å²) in [5, 5.41) is 13.0. The molecule has 1 fully saturated rings. The molecule has 92 valence electrons. The maximum absolute atomic E-state index is 4.26. The van der Waals surface area contributed by atoms with Gasteiger partial charge in [0.1, 0.15) is 0 Å². The van der Waals surface area contributed by atoms with Crippen LogP contribution in [-0.4, -0.2) is 27.9 Å². The van der Waals surface area contributed by atoms with E-state index in [-0.39, 0.29) is 12.4 Å². The number of hydrogen-bond donors (Lipinski definition) is 1. The van der Waals surface area contributed by atoms with Crippen LogP contribution in [0.4, 0.5) is 0 Å². The van der Waals surface area contributed by atoms with Crippen molar-refractivity contribution < 1.29 is 0 Å². The van der Waals surface area contributed by atoms with Crippen LogP contribution in [0.2, 0.25) is 0 Å². The molecule has 17 heavy (non-hydrogen) atoms. The van der Waals surface area contributed by atoms with E-state index in [2.05, 4.69) is 39.3 Å². The van der Waals surface area contributed by atoms with Crippen LogP contribution in [0.1, 0.15) is 24.4 Å². The summed E-state index contributed by atoms with van der Waals surface area (Å²) in [7, 11) is 0. The normalized spacial score (nSPS) is 20.2. The highest BCUT2D eigenvalue weighted by molar-refractivity contribution is 5.85. The fourth-order valence-electron chi connectivity index (χ4n) is 2.46. The molecule has 1 unspecified atom stereocenters. The van der Waals surface area contributed by atoms with Gasteiger partial charge in [0.2, 0.25) is 0 Å². The number of aryl methyl sites for hydroxylation is 1. The zero-order valence-electron chi connectivity index (χ0n) is 9.89. The number of halogens is 1. The topological polar surface area (TPSA) is 42.7 Å². The Bertz CT molecular complexity index is 502. The number of hydrogen-bond acceptors (Lipinski definition) is 3. The molecule has 1 atom stereocenters. The lowest BCUT2D eigenvalue weighted by atomic mass is 10.1. The van der Waals surface area contributed by atoms with Crippen molar-refractivity contribution in [1.82, 2.24) is 20.1 Å². The number of piperidine rings is 1. The van der Waals surface area contributed by atoms with Crippen molar-refractivity contribution in [2.24, 2.45) is 0 Å². The minimum absolute atomic E-state index is 0. The Morgan fingerprint density at radius 2 is 2.35 bits per heavy atom. The first-order valence-electron chi connectivity index (χ1n) is 5.86. The summed E-state index contributed by atoms with van der Waals surface area (Å²) in [4.78, 5) is 0. The molecule has 0 aromatic carbocycles. The average Bonchev–Trinajstić information content (AvgIpc) is 2.75. The first kappa shape index (κ1) is 12.3. The molecular formula is C12H17ClN4. The predicted octanol–water partition coefficient (Wildman–Crippen LogP) is 2.09. The van der Waals surface area contributed by atoms with Crippen LogP contribution in [0.25, 0.3) is 11.0 Å². The van der Waals surface area contributed by atoms with Gasteiger partial charge in [-0.05, 0) is 37.9 Å². The second-order valence-corrected chi connectivity index (χ2v) is 4.49. The molecule has 1 saturated heterocycles. The van der Waals surface area contributed by atoms with E-state index in [0.717, 1.165) is 18.7 Å². The highest BCUT2D eigenvalue weighted by atomic mass is 35.5. The molecule has 0 radical (unpaired) electrons. The Labute approximate surface area is 107 Å². The van der Waals surface area contributed by atoms with E-state index in [1.165, 1.54) is 23.8 Å². The van der Waals surface area contributed by atoms with Gasteiger partial charge in [0.25, 0.3) is 0 Å². The fraction of sp³-hybridized carbons (Fsp3) is 0.500. The molecule has 0 saturated carbocycles. The van der Waals surface area contributed by atoms with Gasteiger partial charge < -0.3 is 9.88 Å². The highest BCUT2D eigenvalue weighted by Gasteiger charge is 2.17. The molecule has 0 spiro atoms. The zero-order valence-corrected chi connectivity index (χ0v) is 10.7. The second-order valence-electron chi connectivity index (χ2n) is 4.49. The molecule has 1 aliphatic heterocycles. The van der Waals surface area contributed by atoms with Crippen LogP contribution in [0.15, 0.2) is 18.5 Å². The summed E-state index contributed by atoms with van der Waals surface area (Å²) in [5.41, 5.74) is 2.22. The third kappa shape index (κ3) is 2.15. The first-order valence-corrected chi connectivity index (χ1v) is 5.86. The van der Waals surface area contributed by atoms with Gasteiger partial charge in [-0.25, -0.2) is 0 Å². The number of rotatable bonds is 1. The van der Waals surface area contributed by atoms with E-state index in [1.54, 1.807) is 0 Å². The average molecular weight is 253 g/mol. The maximum atomic E-state index is 4.26. The summed E-state index contributed by atoms with van der Waals surface area (Å²) >= 11 is 0. The van der Waals surface area contributed by atoms with Crippen LogP contribution in [0.3, 0.4) is 0 Å². The van der Waals surface area contributed by atoms with E-state index in [4.69, 9.17) is 0 Å². The molecule has 3 rings (SSSR count). The molecule has 4 nitrogen and oxygen atoms in total. The van der Waals surface area contributed by atoms with E-state index >= 15 is 0 Å². The maximum Gasteiger partial charge on any atom is 0.163 e. The highest BCUT2D eigenvalue weighted by Crippen LogP contribution is 2.23. The van der Waals surface area contributed by atoms with Crippen LogP contribution < -0.4 is 5.32 Å². The first-order chi connectivity index (χ1) is 7.86. The van der Waals surface area contributed by atoms with Crippen molar-refractivity contribution in [3.63, 3.8) is 0 Å². The lowest BCUT2D eigenvalue weighted by Crippen LogP contribution is -2.31. The molecule has 0 aliphatic carbocycles. The Hall–Kier alpha value is -1.13. The van der Waals surface area contributed by atoms with E-state index < -0.39 is 0 Å². The zero-order chi connectivity index (χ0) is 11.0. The van der Waals surface area contributed by atoms with Gasteiger partial charge in [-0.1, -0.05) is 0 Å². The van der Waals surface area contributed by atoms with Crippen LogP contribution in [0.5, 0.6) is 0 Å². The van der Waals surface area contributed by atoms with Crippen molar-refractivity contribution in [1.29, 1.82) is 0 Å². The number of aromatic nitrogens is 3. The summed E-state index contributed by atoms with van der Waals surface area (Å²) < 4.78 is 2.27. The third-order valence-electron chi connectivity index (χ3n) is 3.38. The van der Waals surface area contributed by atoms with E-state index in [0.29, 0.717) is 6.04 Å². The minimum atomic E-state index is 0. The monoisotopic (exact) mass is 252 g/mol. The molecule has 0 bridgehead atoms. The second kappa shape index (κ2) is 5.02. The van der Waals surface area contributed by atoms with Crippen molar-refractivity contribution in [2.75, 3.05) is 13.1 Å². The lowest BCUT2D eigenvalue weighted by molar-refractivity contribution is 0.377. The Balaban J connectivity index is 0.00000108. The Kier molecular flexibility index (Phi) is 3.64. The van der Waals surface area contributed by atoms with Gasteiger partial charge >= 0.3 is 0 Å². The largest absolute Gasteiger partial charge is 0.327 e. The number of nitrogens with zero attached hydrogens (tertiary/aromatic N) is 3. The molecule has 5 heteroatoms. The molecule has 2 aromatic rings. The van der Waals surface area contributed by atoms with Gasteiger partial charge in [-0.2, -0.15) is 5.10 Å². The number of fused-ring (bicyclic) bond motifs is 1. The van der Waals surface area contributed by atoms with Crippen molar-refractivity contribution in [3.05, 3.63) is 24.0 Å². The van der Waals surface area contributed by atoms with Crippen LogP contribution in [0, 0.1) is 6.92 Å². The smallest absolute Gasteiger partial charge is 0.163 e. The van der Waals surface area contributed by atoms with Gasteiger partial charge in [0, 0.05) is 24.2 Å². The SMILES string of the molecule is Cc1cnnc2c1ccn2C1CCCNC1.Cl. The lowest BCUT2D eigenvalue weighted by Gasteiger charge is -2.24. The standard InChI is InChI=1S/C12H16N4.ClH/c1-9-7-14-15-12-11(9)4-6-16(12)10-3-2-5-13-8-10;/h4,6-7,10,13H,2-3,5,8H2,1H3;1H. The van der Waals surface area contributed by atoms with E-state index in [9.17, 15) is 0 Å². The quantitative estimate of drug-likeness (QED) is 0.845. The Morgan fingerprint density at radius 3 is 3.12 bits per heavy atom. The van der Waals surface area contributed by atoms with Gasteiger partial charge in [-0.3, -0.25) is 0 Å². The summed E-state index contributed by atoms with van der Waals surface area (Å²) in [6.07, 6.45) is 6.44.